The molecule has 1 N–H and O–H groups in total. The Morgan fingerprint density at radius 1 is 1.27 bits per heavy atom. The number of imidazole rings is 1. The van der Waals surface area contributed by atoms with Gasteiger partial charge >= 0.3 is 0 Å². The Balaban J connectivity index is 1.51. The van der Waals surface area contributed by atoms with E-state index in [0.29, 0.717) is 11.6 Å². The van der Waals surface area contributed by atoms with Crippen LogP contribution in [0.2, 0.25) is 0 Å². The molecule has 7 nitrogen and oxygen atoms in total. The molecule has 0 saturated heterocycles. The predicted molar refractivity (Wildman–Crippen MR) is 97.0 cm³/mol. The molecular weight excluding hydrogens is 350 g/mol. The summed E-state index contributed by atoms with van der Waals surface area (Å²) in [4.78, 5) is 6.47. The van der Waals surface area contributed by atoms with Gasteiger partial charge < -0.3 is 9.84 Å². The molecule has 0 unspecified atom stereocenters. The van der Waals surface area contributed by atoms with E-state index in [1.54, 1.807) is 35.7 Å². The fraction of sp³-hybridized carbons (Fsp3) is 0.278. The van der Waals surface area contributed by atoms with E-state index >= 15 is 0 Å². The van der Waals surface area contributed by atoms with E-state index in [9.17, 15) is 5.11 Å². The maximum absolute atomic E-state index is 11.0. The van der Waals surface area contributed by atoms with Crippen LogP contribution in [-0.4, -0.2) is 36.6 Å². The third-order valence-corrected chi connectivity index (χ3v) is 5.94. The average Bonchev–Trinajstić information content (AvgIpc) is 3.09. The number of hydrogen-bond acceptors (Lipinski definition) is 6. The fourth-order valence-electron chi connectivity index (χ4n) is 3.13. The van der Waals surface area contributed by atoms with Crippen LogP contribution < -0.4 is 4.74 Å². The molecule has 0 amide bonds. The standard InChI is InChI=1S/C18H17N5O2S/c1-25-13-6-4-12(5-7-13)23-9-14(20-21-23)17(24)16-18(11-2-3-11)26-15-8-19-10-22(15)16/h4-11,17,24H,2-3H2,1H3/t17-/m0/s1. The molecule has 0 spiro atoms. The zero-order valence-electron chi connectivity index (χ0n) is 14.1. The molecule has 1 aromatic carbocycles. The molecule has 26 heavy (non-hydrogen) atoms. The van der Waals surface area contributed by atoms with Gasteiger partial charge in [-0.05, 0) is 43.0 Å². The van der Waals surface area contributed by atoms with Crippen LogP contribution in [0.25, 0.3) is 10.5 Å². The maximum atomic E-state index is 11.0. The third kappa shape index (κ3) is 2.49. The van der Waals surface area contributed by atoms with Crippen LogP contribution in [0.15, 0.2) is 43.0 Å². The van der Waals surface area contributed by atoms with E-state index < -0.39 is 6.10 Å². The molecule has 1 fully saturated rings. The van der Waals surface area contributed by atoms with Crippen molar-refractivity contribution in [3.8, 4) is 11.4 Å². The Labute approximate surface area is 153 Å². The van der Waals surface area contributed by atoms with Crippen LogP contribution in [0.3, 0.4) is 0 Å². The van der Waals surface area contributed by atoms with E-state index in [1.807, 2.05) is 34.9 Å². The number of aliphatic hydroxyl groups is 1. The average molecular weight is 367 g/mol. The highest BCUT2D eigenvalue weighted by Gasteiger charge is 2.33. The van der Waals surface area contributed by atoms with Gasteiger partial charge in [0.25, 0.3) is 0 Å². The molecular formula is C18H17N5O2S. The first kappa shape index (κ1) is 15.5. The minimum Gasteiger partial charge on any atom is -0.497 e. The Kier molecular flexibility index (Phi) is 3.54. The van der Waals surface area contributed by atoms with Crippen LogP contribution in [-0.2, 0) is 0 Å². The van der Waals surface area contributed by atoms with Crippen LogP contribution in [0.5, 0.6) is 5.75 Å². The summed E-state index contributed by atoms with van der Waals surface area (Å²) in [6.45, 7) is 0. The van der Waals surface area contributed by atoms with Crippen molar-refractivity contribution in [1.29, 1.82) is 0 Å². The second-order valence-corrected chi connectivity index (χ2v) is 7.48. The monoisotopic (exact) mass is 367 g/mol. The van der Waals surface area contributed by atoms with Crippen molar-refractivity contribution >= 4 is 16.2 Å². The summed E-state index contributed by atoms with van der Waals surface area (Å²) >= 11 is 1.70. The number of methoxy groups -OCH3 is 1. The number of rotatable bonds is 5. The Morgan fingerprint density at radius 3 is 2.81 bits per heavy atom. The summed E-state index contributed by atoms with van der Waals surface area (Å²) in [6.07, 6.45) is 6.87. The number of ether oxygens (including phenoxy) is 1. The van der Waals surface area contributed by atoms with Crippen molar-refractivity contribution in [1.82, 2.24) is 24.4 Å². The molecule has 1 aliphatic carbocycles. The van der Waals surface area contributed by atoms with Gasteiger partial charge in [-0.1, -0.05) is 5.21 Å². The van der Waals surface area contributed by atoms with Crippen LogP contribution in [0.4, 0.5) is 0 Å². The lowest BCUT2D eigenvalue weighted by atomic mass is 10.1. The van der Waals surface area contributed by atoms with Gasteiger partial charge in [-0.2, -0.15) is 0 Å². The summed E-state index contributed by atoms with van der Waals surface area (Å²) in [6, 6.07) is 7.54. The Morgan fingerprint density at radius 2 is 2.08 bits per heavy atom. The molecule has 1 atom stereocenters. The van der Waals surface area contributed by atoms with Gasteiger partial charge in [0, 0.05) is 4.88 Å². The molecule has 132 valence electrons. The highest BCUT2D eigenvalue weighted by molar-refractivity contribution is 7.17. The quantitative estimate of drug-likeness (QED) is 0.587. The van der Waals surface area contributed by atoms with E-state index in [2.05, 4.69) is 15.3 Å². The zero-order chi connectivity index (χ0) is 17.7. The Hall–Kier alpha value is -2.71. The smallest absolute Gasteiger partial charge is 0.141 e. The first-order valence-corrected chi connectivity index (χ1v) is 9.25. The van der Waals surface area contributed by atoms with Gasteiger partial charge in [-0.3, -0.25) is 4.40 Å². The SMILES string of the molecule is COc1ccc(-n2cc([C@H](O)c3c(C4CC4)sc4cncn34)nn2)cc1. The molecule has 8 heteroatoms. The van der Waals surface area contributed by atoms with Crippen molar-refractivity contribution in [2.75, 3.05) is 7.11 Å². The highest BCUT2D eigenvalue weighted by atomic mass is 32.1. The molecule has 4 aromatic rings. The third-order valence-electron chi connectivity index (χ3n) is 4.67. The minimum absolute atomic E-state index is 0.524. The molecule has 0 aliphatic heterocycles. The molecule has 3 heterocycles. The first-order valence-electron chi connectivity index (χ1n) is 8.44. The number of nitrogens with zero attached hydrogens (tertiary/aromatic N) is 5. The molecule has 3 aromatic heterocycles. The van der Waals surface area contributed by atoms with Crippen molar-refractivity contribution in [3.63, 3.8) is 0 Å². The minimum atomic E-state index is -0.833. The lowest BCUT2D eigenvalue weighted by Crippen LogP contribution is -2.06. The lowest BCUT2D eigenvalue weighted by Gasteiger charge is -2.09. The lowest BCUT2D eigenvalue weighted by molar-refractivity contribution is 0.208. The number of aromatic nitrogens is 5. The van der Waals surface area contributed by atoms with E-state index in [4.69, 9.17) is 4.74 Å². The molecule has 0 radical (unpaired) electrons. The first-order chi connectivity index (χ1) is 12.7. The fourth-order valence-corrected chi connectivity index (χ4v) is 4.43. The summed E-state index contributed by atoms with van der Waals surface area (Å²) in [5, 5.41) is 19.4. The predicted octanol–water partition coefficient (Wildman–Crippen LogP) is 2.94. The van der Waals surface area contributed by atoms with Crippen molar-refractivity contribution in [2.45, 2.75) is 24.9 Å². The topological polar surface area (TPSA) is 77.5 Å². The molecule has 1 aliphatic rings. The largest absolute Gasteiger partial charge is 0.497 e. The van der Waals surface area contributed by atoms with Gasteiger partial charge in [-0.25, -0.2) is 9.67 Å². The van der Waals surface area contributed by atoms with Crippen LogP contribution in [0, 0.1) is 0 Å². The second-order valence-electron chi connectivity index (χ2n) is 6.42. The van der Waals surface area contributed by atoms with Crippen LogP contribution >= 0.6 is 11.3 Å². The van der Waals surface area contributed by atoms with Gasteiger partial charge in [0.1, 0.15) is 28.7 Å². The summed E-state index contributed by atoms with van der Waals surface area (Å²) in [5.74, 6) is 1.32. The van der Waals surface area contributed by atoms with Crippen molar-refractivity contribution < 1.29 is 9.84 Å². The molecule has 1 saturated carbocycles. The summed E-state index contributed by atoms with van der Waals surface area (Å²) < 4.78 is 8.81. The van der Waals surface area contributed by atoms with Crippen LogP contribution in [0.1, 0.15) is 41.1 Å². The molecule has 0 bridgehead atoms. The maximum Gasteiger partial charge on any atom is 0.141 e. The van der Waals surface area contributed by atoms with Crippen molar-refractivity contribution in [3.05, 3.63) is 59.3 Å². The van der Waals surface area contributed by atoms with Gasteiger partial charge in [0.05, 0.1) is 30.9 Å². The molecule has 5 rings (SSSR count). The number of benzene rings is 1. The highest BCUT2D eigenvalue weighted by Crippen LogP contribution is 2.47. The number of fused-ring (bicyclic) bond motifs is 1. The summed E-state index contributed by atoms with van der Waals surface area (Å²) in [7, 11) is 1.63. The number of aliphatic hydroxyl groups excluding tert-OH is 1. The normalized spacial score (nSPS) is 15.5. The number of thiazole rings is 1. The Bertz CT molecular complexity index is 1060. The van der Waals surface area contributed by atoms with Gasteiger partial charge in [0.2, 0.25) is 0 Å². The zero-order valence-corrected chi connectivity index (χ0v) is 14.9. The number of hydrogen-bond donors (Lipinski definition) is 1. The van der Waals surface area contributed by atoms with Gasteiger partial charge in [0.15, 0.2) is 0 Å². The summed E-state index contributed by atoms with van der Waals surface area (Å²) in [5.41, 5.74) is 2.25. The van der Waals surface area contributed by atoms with Crippen molar-refractivity contribution in [2.24, 2.45) is 0 Å². The van der Waals surface area contributed by atoms with E-state index in [1.165, 1.54) is 17.7 Å². The van der Waals surface area contributed by atoms with E-state index in [-0.39, 0.29) is 0 Å². The second kappa shape index (κ2) is 5.93. The van der Waals surface area contributed by atoms with Gasteiger partial charge in [-0.15, -0.1) is 16.4 Å². The van der Waals surface area contributed by atoms with E-state index in [0.717, 1.165) is 22.0 Å².